The number of halogens is 1. The number of piperidine rings is 1. The average Bonchev–Trinajstić information content (AvgIpc) is 3.64. The van der Waals surface area contributed by atoms with Crippen molar-refractivity contribution in [2.45, 2.75) is 17.5 Å². The summed E-state index contributed by atoms with van der Waals surface area (Å²) in [5, 5.41) is 3.70. The summed E-state index contributed by atoms with van der Waals surface area (Å²) in [7, 11) is 5.32. The van der Waals surface area contributed by atoms with Crippen molar-refractivity contribution < 1.29 is 19.1 Å². The number of ketones is 1. The monoisotopic (exact) mass is 601 g/mol. The number of nitrogens with one attached hydrogen (secondary N) is 1. The van der Waals surface area contributed by atoms with Gasteiger partial charge < -0.3 is 19.7 Å². The van der Waals surface area contributed by atoms with Crippen molar-refractivity contribution in [3.8, 4) is 11.5 Å². The Morgan fingerprint density at radius 1 is 1.02 bits per heavy atom. The maximum atomic E-state index is 15.5. The van der Waals surface area contributed by atoms with Crippen LogP contribution in [0.2, 0.25) is 5.02 Å². The molecule has 0 radical (unpaired) electrons. The number of rotatable bonds is 4. The van der Waals surface area contributed by atoms with Crippen molar-refractivity contribution in [1.82, 2.24) is 9.80 Å². The van der Waals surface area contributed by atoms with Crippen LogP contribution in [-0.4, -0.2) is 73.5 Å². The third-order valence-corrected chi connectivity index (χ3v) is 10.7. The third-order valence-electron chi connectivity index (χ3n) is 9.46. The molecule has 4 aliphatic rings. The molecule has 1 N–H and O–H groups in total. The van der Waals surface area contributed by atoms with Crippen molar-refractivity contribution in [2.75, 3.05) is 51.3 Å². The highest BCUT2D eigenvalue weighted by Crippen LogP contribution is 2.69. The van der Waals surface area contributed by atoms with Crippen molar-refractivity contribution in [3.05, 3.63) is 94.0 Å². The highest BCUT2D eigenvalue weighted by molar-refractivity contribution is 7.99. The second-order valence-electron chi connectivity index (χ2n) is 11.5. The van der Waals surface area contributed by atoms with E-state index in [0.29, 0.717) is 41.0 Å². The lowest BCUT2D eigenvalue weighted by Gasteiger charge is -2.51. The molecule has 4 atom stereocenters. The number of hydrogen-bond acceptors (Lipinski definition) is 7. The summed E-state index contributed by atoms with van der Waals surface area (Å²) in [6.07, 6.45) is 1.94. The van der Waals surface area contributed by atoms with Gasteiger partial charge in [0.1, 0.15) is 17.0 Å². The summed E-state index contributed by atoms with van der Waals surface area (Å²) in [5.41, 5.74) is 1.45. The van der Waals surface area contributed by atoms with Crippen molar-refractivity contribution >= 4 is 46.8 Å². The molecule has 42 heavy (non-hydrogen) atoms. The predicted octanol–water partition coefficient (Wildman–Crippen LogP) is 5.26. The second-order valence-corrected chi connectivity index (χ2v) is 12.9. The number of hydrogen-bond donors (Lipinski definition) is 1. The summed E-state index contributed by atoms with van der Waals surface area (Å²) >= 11 is 8.43. The van der Waals surface area contributed by atoms with Crippen LogP contribution in [0.4, 0.5) is 5.69 Å². The number of likely N-dealkylation sites (N-methyl/N-ethyl adjacent to an activating group) is 1. The first-order valence-electron chi connectivity index (χ1n) is 14.0. The van der Waals surface area contributed by atoms with Crippen LogP contribution in [0.5, 0.6) is 11.5 Å². The molecule has 7 nitrogen and oxygen atoms in total. The number of carbonyl (C=O) groups is 2. The van der Waals surface area contributed by atoms with E-state index in [1.807, 2.05) is 67.7 Å². The van der Waals surface area contributed by atoms with Gasteiger partial charge in [0.05, 0.1) is 19.6 Å². The number of para-hydroxylation sites is 2. The molecule has 3 aromatic rings. The van der Waals surface area contributed by atoms with Crippen LogP contribution in [-0.2, 0) is 15.1 Å². The number of Topliss-reactive ketones (excluding diaryl/α,β-unsaturated/α-hetero) is 1. The molecule has 0 saturated carbocycles. The summed E-state index contributed by atoms with van der Waals surface area (Å²) in [6.45, 7) is 0.853. The van der Waals surface area contributed by atoms with Crippen LogP contribution >= 0.6 is 23.4 Å². The zero-order valence-corrected chi connectivity index (χ0v) is 25.3. The third kappa shape index (κ3) is 3.62. The fraction of sp³-hybridized carbons (Fsp3) is 0.333. The van der Waals surface area contributed by atoms with E-state index in [-0.39, 0.29) is 23.7 Å². The highest BCUT2D eigenvalue weighted by atomic mass is 35.5. The predicted molar refractivity (Wildman–Crippen MR) is 166 cm³/mol. The quantitative estimate of drug-likeness (QED) is 0.409. The molecule has 4 aliphatic heterocycles. The van der Waals surface area contributed by atoms with E-state index < -0.39 is 11.0 Å². The summed E-state index contributed by atoms with van der Waals surface area (Å²) in [6, 6.07) is 21.1. The van der Waals surface area contributed by atoms with Gasteiger partial charge in [-0.25, -0.2) is 0 Å². The van der Waals surface area contributed by atoms with E-state index in [9.17, 15) is 4.79 Å². The summed E-state index contributed by atoms with van der Waals surface area (Å²) in [4.78, 5) is 34.6. The number of carbonyl (C=O) groups excluding carboxylic acids is 2. The molecule has 3 saturated heterocycles. The lowest BCUT2D eigenvalue weighted by molar-refractivity contribution is -0.146. The topological polar surface area (TPSA) is 71.1 Å². The maximum Gasteiger partial charge on any atom is 0.250 e. The number of ether oxygens (including phenoxy) is 2. The Balaban J connectivity index is 1.56. The molecule has 3 aromatic carbocycles. The normalized spacial score (nSPS) is 29.8. The largest absolute Gasteiger partial charge is 0.496 e. The van der Waals surface area contributed by atoms with Gasteiger partial charge in [-0.3, -0.25) is 14.5 Å². The number of likely N-dealkylation sites (tertiary alicyclic amines) is 1. The molecule has 0 aromatic heterocycles. The Hall–Kier alpha value is -3.30. The average molecular weight is 602 g/mol. The minimum Gasteiger partial charge on any atom is -0.496 e. The van der Waals surface area contributed by atoms with Crippen LogP contribution in [0.15, 0.2) is 72.3 Å². The lowest BCUT2D eigenvalue weighted by Crippen LogP contribution is -2.65. The molecule has 2 spiro atoms. The molecule has 0 aliphatic carbocycles. The van der Waals surface area contributed by atoms with Gasteiger partial charge in [-0.1, -0.05) is 48.0 Å². The van der Waals surface area contributed by atoms with E-state index in [4.69, 9.17) is 21.1 Å². The van der Waals surface area contributed by atoms with Gasteiger partial charge in [-0.2, -0.15) is 0 Å². The smallest absolute Gasteiger partial charge is 0.250 e. The molecule has 4 heterocycles. The lowest BCUT2D eigenvalue weighted by atomic mass is 9.55. The number of fused-ring (bicyclic) bond motifs is 5. The molecule has 7 rings (SSSR count). The summed E-state index contributed by atoms with van der Waals surface area (Å²) < 4.78 is 11.6. The zero-order valence-electron chi connectivity index (χ0n) is 23.7. The van der Waals surface area contributed by atoms with Gasteiger partial charge in [0, 0.05) is 64.1 Å². The van der Waals surface area contributed by atoms with E-state index in [0.717, 1.165) is 28.2 Å². The highest BCUT2D eigenvalue weighted by Gasteiger charge is 2.78. The first kappa shape index (κ1) is 27.5. The van der Waals surface area contributed by atoms with E-state index >= 15 is 4.79 Å². The number of nitrogens with zero attached hydrogens (tertiary/aromatic N) is 2. The van der Waals surface area contributed by atoms with Crippen molar-refractivity contribution in [2.24, 2.45) is 5.41 Å². The van der Waals surface area contributed by atoms with E-state index in [2.05, 4.69) is 21.2 Å². The molecule has 0 bridgehead atoms. The van der Waals surface area contributed by atoms with Crippen molar-refractivity contribution in [3.63, 3.8) is 0 Å². The summed E-state index contributed by atoms with van der Waals surface area (Å²) in [5.74, 6) is 2.30. The van der Waals surface area contributed by atoms with Gasteiger partial charge in [0.15, 0.2) is 5.78 Å². The molecule has 3 fully saturated rings. The second kappa shape index (κ2) is 10.2. The van der Waals surface area contributed by atoms with Crippen LogP contribution in [0.3, 0.4) is 0 Å². The van der Waals surface area contributed by atoms with Gasteiger partial charge in [-0.15, -0.1) is 11.8 Å². The molecular formula is C33H32ClN3O4S. The molecule has 9 heteroatoms. The van der Waals surface area contributed by atoms with Gasteiger partial charge in [-0.05, 0) is 49.0 Å². The van der Waals surface area contributed by atoms with Crippen LogP contribution < -0.4 is 14.8 Å². The minimum atomic E-state index is -1.27. The first-order valence-corrected chi connectivity index (χ1v) is 15.6. The number of methoxy groups -OCH3 is 2. The van der Waals surface area contributed by atoms with Gasteiger partial charge >= 0.3 is 0 Å². The van der Waals surface area contributed by atoms with Gasteiger partial charge in [0.25, 0.3) is 5.91 Å². The number of anilines is 1. The number of benzene rings is 3. The molecule has 216 valence electrons. The minimum absolute atomic E-state index is 0.0233. The van der Waals surface area contributed by atoms with Crippen LogP contribution in [0, 0.1) is 5.41 Å². The first-order chi connectivity index (χ1) is 20.4. The fourth-order valence-electron chi connectivity index (χ4n) is 8.08. The zero-order chi connectivity index (χ0) is 29.2. The van der Waals surface area contributed by atoms with E-state index in [1.165, 1.54) is 0 Å². The molecular weight excluding hydrogens is 570 g/mol. The Labute approximate surface area is 254 Å². The maximum absolute atomic E-state index is 15.5. The van der Waals surface area contributed by atoms with Gasteiger partial charge in [0.2, 0.25) is 0 Å². The van der Waals surface area contributed by atoms with E-state index in [1.54, 1.807) is 32.0 Å². The van der Waals surface area contributed by atoms with Crippen LogP contribution in [0.1, 0.15) is 22.6 Å². The number of thioether (sulfide) groups is 1. The van der Waals surface area contributed by atoms with Crippen molar-refractivity contribution in [1.29, 1.82) is 0 Å². The Morgan fingerprint density at radius 2 is 1.76 bits per heavy atom. The Morgan fingerprint density at radius 3 is 2.55 bits per heavy atom. The van der Waals surface area contributed by atoms with Crippen LogP contribution in [0.25, 0.3) is 6.08 Å². The SMILES string of the molecule is COc1ccccc1/C=C1\CN(C)C[C@@]2(C1=O)[C@H](c1ccccc1OC)[C@@H]1CSCN1[C@@]21C(=O)Nc2ccc(Cl)cc21. The Kier molecular flexibility index (Phi) is 6.66. The Bertz CT molecular complexity index is 1640. The number of amides is 1. The molecule has 0 unspecified atom stereocenters. The molecule has 1 amide bonds. The standard InChI is InChI=1S/C33H32ClN3O4S/c1-36-16-21(14-20-8-4-6-10-27(20)40-2)30(38)32(18-36)29(23-9-5-7-11-28(23)41-3)26-17-42-19-37(26)33(32)24-15-22(34)12-13-25(24)35-31(33)39/h4-15,26,29H,16-19H2,1-3H3,(H,35,39)/b21-14+/t26-,29+,32-,33-/m0/s1. The fourth-order valence-corrected chi connectivity index (χ4v) is 9.55.